The molecule has 0 aliphatic rings. The summed E-state index contributed by atoms with van der Waals surface area (Å²) >= 11 is 1.26. The molecule has 21 heavy (non-hydrogen) atoms. The lowest BCUT2D eigenvalue weighted by molar-refractivity contribution is -0.140. The summed E-state index contributed by atoms with van der Waals surface area (Å²) < 4.78 is 30.3. The van der Waals surface area contributed by atoms with Gasteiger partial charge in [0.05, 0.1) is 19.0 Å². The summed E-state index contributed by atoms with van der Waals surface area (Å²) in [4.78, 5) is 19.0. The average Bonchev–Trinajstić information content (AvgIpc) is 2.46. The second-order valence-electron chi connectivity index (χ2n) is 4.41. The van der Waals surface area contributed by atoms with Crippen LogP contribution in [0.2, 0.25) is 0 Å². The molecule has 0 saturated heterocycles. The van der Waals surface area contributed by atoms with Gasteiger partial charge in [0.2, 0.25) is 0 Å². The molecule has 112 valence electrons. The van der Waals surface area contributed by atoms with Gasteiger partial charge in [-0.1, -0.05) is 25.1 Å². The van der Waals surface area contributed by atoms with Crippen LogP contribution < -0.4 is 0 Å². The molecule has 7 heteroatoms. The van der Waals surface area contributed by atoms with Crippen molar-refractivity contribution in [1.82, 2.24) is 9.97 Å². The van der Waals surface area contributed by atoms with E-state index in [-0.39, 0.29) is 17.6 Å². The molecule has 4 nitrogen and oxygen atoms in total. The number of alkyl halides is 2. The van der Waals surface area contributed by atoms with E-state index < -0.39 is 12.2 Å². The van der Waals surface area contributed by atoms with Crippen molar-refractivity contribution in [2.24, 2.45) is 0 Å². The molecule has 1 aromatic heterocycles. The minimum atomic E-state index is -2.73. The van der Waals surface area contributed by atoms with Crippen molar-refractivity contribution in [1.29, 1.82) is 0 Å². The second-order valence-corrected chi connectivity index (χ2v) is 5.84. The molecule has 0 aliphatic carbocycles. The predicted molar refractivity (Wildman–Crippen MR) is 76.4 cm³/mol. The number of hydrogen-bond acceptors (Lipinski definition) is 5. The van der Waals surface area contributed by atoms with Gasteiger partial charge in [-0.25, -0.2) is 18.7 Å². The van der Waals surface area contributed by atoms with Gasteiger partial charge in [0.25, 0.3) is 6.43 Å². The number of methoxy groups -OCH3 is 1. The Morgan fingerprint density at radius 1 is 1.33 bits per heavy atom. The molecule has 1 atom stereocenters. The van der Waals surface area contributed by atoms with E-state index in [0.717, 1.165) is 0 Å². The van der Waals surface area contributed by atoms with E-state index in [1.54, 1.807) is 24.3 Å². The van der Waals surface area contributed by atoms with Crippen molar-refractivity contribution in [3.05, 3.63) is 30.1 Å². The minimum Gasteiger partial charge on any atom is -0.469 e. The molecular formula is C14H14F2N2O2S. The Hall–Kier alpha value is -1.76. The smallest absolute Gasteiger partial charge is 0.306 e. The third-order valence-corrected chi connectivity index (χ3v) is 3.88. The molecule has 0 aliphatic heterocycles. The van der Waals surface area contributed by atoms with Crippen LogP contribution in [0.15, 0.2) is 29.3 Å². The molecular weight excluding hydrogens is 298 g/mol. The number of ether oxygens (including phenoxy) is 1. The summed E-state index contributed by atoms with van der Waals surface area (Å²) in [5.41, 5.74) is 0.468. The second kappa shape index (κ2) is 6.80. The molecule has 0 unspecified atom stereocenters. The fourth-order valence-electron chi connectivity index (χ4n) is 1.80. The van der Waals surface area contributed by atoms with E-state index >= 15 is 0 Å². The lowest BCUT2D eigenvalue weighted by Gasteiger charge is -2.12. The highest BCUT2D eigenvalue weighted by Gasteiger charge is 2.18. The number of benzene rings is 1. The van der Waals surface area contributed by atoms with Crippen LogP contribution in [0.1, 0.15) is 25.6 Å². The maximum atomic E-state index is 12.9. The Bertz CT molecular complexity index is 652. The molecule has 2 aromatic rings. The van der Waals surface area contributed by atoms with Crippen LogP contribution in [0.5, 0.6) is 0 Å². The first-order valence-electron chi connectivity index (χ1n) is 6.29. The number of nitrogens with zero attached hydrogens (tertiary/aromatic N) is 2. The lowest BCUT2D eigenvalue weighted by Crippen LogP contribution is -2.09. The van der Waals surface area contributed by atoms with E-state index in [1.807, 2.05) is 6.92 Å². The summed E-state index contributed by atoms with van der Waals surface area (Å²) in [6.07, 6.45) is -2.55. The number of rotatable bonds is 5. The van der Waals surface area contributed by atoms with E-state index in [9.17, 15) is 13.6 Å². The van der Waals surface area contributed by atoms with Crippen molar-refractivity contribution in [3.8, 4) is 0 Å². The quantitative estimate of drug-likeness (QED) is 0.479. The SMILES string of the molecule is COC(=O)C[C@H](C)Sc1nc(C(F)F)nc2ccccc12. The molecule has 0 spiro atoms. The fourth-order valence-corrected chi connectivity index (χ4v) is 2.85. The van der Waals surface area contributed by atoms with Crippen LogP contribution in [-0.2, 0) is 9.53 Å². The highest BCUT2D eigenvalue weighted by Crippen LogP contribution is 2.31. The Kier molecular flexibility index (Phi) is 5.06. The first kappa shape index (κ1) is 15.6. The number of thioether (sulfide) groups is 1. The number of carbonyl (C=O) groups is 1. The van der Waals surface area contributed by atoms with Crippen LogP contribution >= 0.6 is 11.8 Å². The van der Waals surface area contributed by atoms with E-state index in [4.69, 9.17) is 0 Å². The number of halogens is 2. The molecule has 0 N–H and O–H groups in total. The van der Waals surface area contributed by atoms with Gasteiger partial charge in [0, 0.05) is 10.6 Å². The average molecular weight is 312 g/mol. The van der Waals surface area contributed by atoms with Gasteiger partial charge in [-0.3, -0.25) is 4.79 Å². The van der Waals surface area contributed by atoms with Crippen molar-refractivity contribution in [2.75, 3.05) is 7.11 Å². The molecule has 0 saturated carbocycles. The highest BCUT2D eigenvalue weighted by atomic mass is 32.2. The molecule has 0 radical (unpaired) electrons. The maximum absolute atomic E-state index is 12.9. The maximum Gasteiger partial charge on any atom is 0.306 e. The van der Waals surface area contributed by atoms with Gasteiger partial charge in [-0.2, -0.15) is 0 Å². The number of aromatic nitrogens is 2. The Balaban J connectivity index is 2.35. The van der Waals surface area contributed by atoms with Crippen molar-refractivity contribution < 1.29 is 18.3 Å². The van der Waals surface area contributed by atoms with Crippen LogP contribution in [-0.4, -0.2) is 28.3 Å². The first-order valence-corrected chi connectivity index (χ1v) is 7.17. The van der Waals surface area contributed by atoms with Crippen LogP contribution in [0.4, 0.5) is 8.78 Å². The molecule has 0 amide bonds. The Morgan fingerprint density at radius 2 is 2.05 bits per heavy atom. The van der Waals surface area contributed by atoms with E-state index in [0.29, 0.717) is 15.9 Å². The van der Waals surface area contributed by atoms with Gasteiger partial charge in [-0.15, -0.1) is 11.8 Å². The highest BCUT2D eigenvalue weighted by molar-refractivity contribution is 8.00. The van der Waals surface area contributed by atoms with E-state index in [2.05, 4.69) is 14.7 Å². The Labute approximate surface area is 124 Å². The van der Waals surface area contributed by atoms with Gasteiger partial charge in [0.15, 0.2) is 5.82 Å². The van der Waals surface area contributed by atoms with Gasteiger partial charge in [-0.05, 0) is 6.07 Å². The van der Waals surface area contributed by atoms with Gasteiger partial charge >= 0.3 is 5.97 Å². The number of para-hydroxylation sites is 1. The standard InChI is InChI=1S/C14H14F2N2O2S/c1-8(7-11(19)20-2)21-14-9-5-3-4-6-10(9)17-13(18-14)12(15)16/h3-6,8,12H,7H2,1-2H3/t8-/m0/s1. The summed E-state index contributed by atoms with van der Waals surface area (Å²) in [6.45, 7) is 1.82. The fraction of sp³-hybridized carbons (Fsp3) is 0.357. The van der Waals surface area contributed by atoms with Crippen molar-refractivity contribution in [2.45, 2.75) is 30.0 Å². The third kappa shape index (κ3) is 3.87. The lowest BCUT2D eigenvalue weighted by atomic mass is 10.2. The largest absolute Gasteiger partial charge is 0.469 e. The number of carbonyl (C=O) groups excluding carboxylic acids is 1. The molecule has 0 bridgehead atoms. The zero-order valence-electron chi connectivity index (χ0n) is 11.5. The third-order valence-electron chi connectivity index (χ3n) is 2.78. The zero-order valence-corrected chi connectivity index (χ0v) is 12.4. The summed E-state index contributed by atoms with van der Waals surface area (Å²) in [5.74, 6) is -0.844. The first-order chi connectivity index (χ1) is 10.0. The zero-order chi connectivity index (χ0) is 15.4. The van der Waals surface area contributed by atoms with E-state index in [1.165, 1.54) is 18.9 Å². The van der Waals surface area contributed by atoms with Gasteiger partial charge in [0.1, 0.15) is 5.03 Å². The summed E-state index contributed by atoms with van der Waals surface area (Å²) in [6, 6.07) is 6.97. The number of hydrogen-bond donors (Lipinski definition) is 0. The normalized spacial score (nSPS) is 12.6. The topological polar surface area (TPSA) is 52.1 Å². The minimum absolute atomic E-state index is 0.138. The molecule has 2 rings (SSSR count). The number of fused-ring (bicyclic) bond motifs is 1. The summed E-state index contributed by atoms with van der Waals surface area (Å²) in [7, 11) is 1.31. The van der Waals surface area contributed by atoms with Crippen molar-refractivity contribution in [3.63, 3.8) is 0 Å². The van der Waals surface area contributed by atoms with Crippen molar-refractivity contribution >= 4 is 28.6 Å². The van der Waals surface area contributed by atoms with Crippen LogP contribution in [0, 0.1) is 0 Å². The summed E-state index contributed by atoms with van der Waals surface area (Å²) in [5, 5.41) is 1.01. The molecule has 0 fully saturated rings. The van der Waals surface area contributed by atoms with Crippen LogP contribution in [0.25, 0.3) is 10.9 Å². The monoisotopic (exact) mass is 312 g/mol. The van der Waals surface area contributed by atoms with Crippen LogP contribution in [0.3, 0.4) is 0 Å². The predicted octanol–water partition coefficient (Wildman–Crippen LogP) is 3.61. The van der Waals surface area contributed by atoms with Gasteiger partial charge < -0.3 is 4.74 Å². The Morgan fingerprint density at radius 3 is 2.71 bits per heavy atom. The number of esters is 1. The molecule has 1 aromatic carbocycles. The molecule has 1 heterocycles.